The van der Waals surface area contributed by atoms with Crippen LogP contribution in [0.25, 0.3) is 0 Å². The number of sulfonamides is 1. The number of amides is 2. The van der Waals surface area contributed by atoms with Crippen molar-refractivity contribution in [2.24, 2.45) is 0 Å². The van der Waals surface area contributed by atoms with Crippen molar-refractivity contribution >= 4 is 27.5 Å². The predicted octanol–water partition coefficient (Wildman–Crippen LogP) is 0.920. The molecule has 0 saturated carbocycles. The lowest BCUT2D eigenvalue weighted by Gasteiger charge is -2.12. The summed E-state index contributed by atoms with van der Waals surface area (Å²) in [5.74, 6) is -1.51. The quantitative estimate of drug-likeness (QED) is 0.573. The van der Waals surface area contributed by atoms with Gasteiger partial charge in [0.25, 0.3) is 17.5 Å². The predicted molar refractivity (Wildman–Crippen MR) is 95.3 cm³/mol. The molecule has 0 atom stereocenters. The highest BCUT2D eigenvalue weighted by Gasteiger charge is 2.19. The fourth-order valence-electron chi connectivity index (χ4n) is 2.03. The van der Waals surface area contributed by atoms with Crippen LogP contribution in [-0.4, -0.2) is 43.6 Å². The number of hydrogen-bond donors (Lipinski definition) is 2. The average molecular weight is 392 g/mol. The van der Waals surface area contributed by atoms with Crippen molar-refractivity contribution in [2.45, 2.75) is 4.90 Å². The summed E-state index contributed by atoms with van der Waals surface area (Å²) in [5.41, 5.74) is 3.98. The van der Waals surface area contributed by atoms with E-state index in [1.54, 1.807) is 0 Å². The SMILES string of the molecule is CN(C)S(=O)(=O)c1cccc(C(=O)NNC(=O)c2cccc([N+](=O)[O-])c2)c1. The van der Waals surface area contributed by atoms with Crippen LogP contribution in [0.3, 0.4) is 0 Å². The summed E-state index contributed by atoms with van der Waals surface area (Å²) in [7, 11) is -0.993. The van der Waals surface area contributed by atoms with E-state index >= 15 is 0 Å². The minimum absolute atomic E-state index is 0.0114. The highest BCUT2D eigenvalue weighted by Crippen LogP contribution is 2.15. The number of nitrogens with zero attached hydrogens (tertiary/aromatic N) is 2. The summed E-state index contributed by atoms with van der Waals surface area (Å²) in [6, 6.07) is 10.3. The Bertz CT molecular complexity index is 1000. The zero-order valence-corrected chi connectivity index (χ0v) is 15.2. The van der Waals surface area contributed by atoms with Gasteiger partial charge in [-0.2, -0.15) is 0 Å². The summed E-state index contributed by atoms with van der Waals surface area (Å²) in [6.45, 7) is 0. The second-order valence-corrected chi connectivity index (χ2v) is 7.68. The van der Waals surface area contributed by atoms with Gasteiger partial charge < -0.3 is 0 Å². The summed E-state index contributed by atoms with van der Waals surface area (Å²) in [6.07, 6.45) is 0. The first kappa shape index (κ1) is 20.0. The van der Waals surface area contributed by atoms with Crippen molar-refractivity contribution in [1.82, 2.24) is 15.2 Å². The molecule has 0 radical (unpaired) electrons. The highest BCUT2D eigenvalue weighted by molar-refractivity contribution is 7.89. The molecule has 2 rings (SSSR count). The Balaban J connectivity index is 2.11. The molecule has 2 amide bonds. The molecule has 0 aliphatic carbocycles. The van der Waals surface area contributed by atoms with Crippen molar-refractivity contribution in [3.05, 3.63) is 69.8 Å². The van der Waals surface area contributed by atoms with Crippen LogP contribution in [0.15, 0.2) is 53.4 Å². The van der Waals surface area contributed by atoms with E-state index in [1.807, 2.05) is 0 Å². The molecule has 0 aliphatic heterocycles. The number of nitrogens with one attached hydrogen (secondary N) is 2. The van der Waals surface area contributed by atoms with E-state index in [4.69, 9.17) is 0 Å². The van der Waals surface area contributed by atoms with Crippen LogP contribution in [-0.2, 0) is 10.0 Å². The Labute approximate surface area is 155 Å². The van der Waals surface area contributed by atoms with Crippen LogP contribution in [0.5, 0.6) is 0 Å². The molecule has 27 heavy (non-hydrogen) atoms. The van der Waals surface area contributed by atoms with Gasteiger partial charge in [0.2, 0.25) is 10.0 Å². The fraction of sp³-hybridized carbons (Fsp3) is 0.125. The molecule has 2 aromatic rings. The second-order valence-electron chi connectivity index (χ2n) is 5.53. The number of nitro groups is 1. The molecule has 2 N–H and O–H groups in total. The number of benzene rings is 2. The van der Waals surface area contributed by atoms with Gasteiger partial charge in [-0.1, -0.05) is 12.1 Å². The molecule has 10 nitrogen and oxygen atoms in total. The largest absolute Gasteiger partial charge is 0.270 e. The van der Waals surface area contributed by atoms with E-state index in [2.05, 4.69) is 10.9 Å². The van der Waals surface area contributed by atoms with Gasteiger partial charge in [-0.15, -0.1) is 0 Å². The minimum Gasteiger partial charge on any atom is -0.267 e. The Morgan fingerprint density at radius 2 is 1.48 bits per heavy atom. The molecule has 0 aliphatic rings. The summed E-state index contributed by atoms with van der Waals surface area (Å²) in [5, 5.41) is 10.7. The Morgan fingerprint density at radius 3 is 2.00 bits per heavy atom. The molecule has 0 unspecified atom stereocenters. The van der Waals surface area contributed by atoms with E-state index in [-0.39, 0.29) is 21.7 Å². The average Bonchev–Trinajstić information content (AvgIpc) is 2.65. The summed E-state index contributed by atoms with van der Waals surface area (Å²) < 4.78 is 25.2. The first-order valence-electron chi connectivity index (χ1n) is 7.50. The smallest absolute Gasteiger partial charge is 0.267 e. The third kappa shape index (κ3) is 4.65. The Hall–Kier alpha value is -3.31. The van der Waals surface area contributed by atoms with Gasteiger partial charge in [-0.05, 0) is 24.3 Å². The van der Waals surface area contributed by atoms with Gasteiger partial charge in [-0.25, -0.2) is 12.7 Å². The topological polar surface area (TPSA) is 139 Å². The van der Waals surface area contributed by atoms with E-state index in [1.165, 1.54) is 56.6 Å². The maximum atomic E-state index is 12.2. The second kappa shape index (κ2) is 7.93. The number of carbonyl (C=O) groups excluding carboxylic acids is 2. The van der Waals surface area contributed by atoms with Gasteiger partial charge >= 0.3 is 0 Å². The van der Waals surface area contributed by atoms with Crippen LogP contribution in [0.4, 0.5) is 5.69 Å². The van der Waals surface area contributed by atoms with E-state index in [0.29, 0.717) is 0 Å². The molecule has 0 fully saturated rings. The van der Waals surface area contributed by atoms with Crippen molar-refractivity contribution in [3.8, 4) is 0 Å². The Morgan fingerprint density at radius 1 is 0.963 bits per heavy atom. The van der Waals surface area contributed by atoms with Gasteiger partial charge in [0.05, 0.1) is 9.82 Å². The summed E-state index contributed by atoms with van der Waals surface area (Å²) in [4.78, 5) is 34.2. The van der Waals surface area contributed by atoms with Crippen LogP contribution in [0.1, 0.15) is 20.7 Å². The number of non-ortho nitro benzene ring substituents is 1. The standard InChI is InChI=1S/C16H16N4O6S/c1-19(2)27(25,26)14-8-4-6-12(10-14)16(22)18-17-15(21)11-5-3-7-13(9-11)20(23)24/h3-10H,1-2H3,(H,17,21)(H,18,22). The van der Waals surface area contributed by atoms with Gasteiger partial charge in [-0.3, -0.25) is 30.6 Å². The molecule has 0 saturated heterocycles. The van der Waals surface area contributed by atoms with Crippen LogP contribution < -0.4 is 10.9 Å². The first-order valence-corrected chi connectivity index (χ1v) is 8.94. The molecular weight excluding hydrogens is 376 g/mol. The van der Waals surface area contributed by atoms with E-state index < -0.39 is 26.8 Å². The molecule has 2 aromatic carbocycles. The maximum Gasteiger partial charge on any atom is 0.270 e. The molecule has 0 aromatic heterocycles. The lowest BCUT2D eigenvalue weighted by molar-refractivity contribution is -0.384. The van der Waals surface area contributed by atoms with Crippen LogP contribution >= 0.6 is 0 Å². The number of nitro benzene ring substituents is 1. The number of hydrogen-bond acceptors (Lipinski definition) is 6. The van der Waals surface area contributed by atoms with Gasteiger partial charge in [0.15, 0.2) is 0 Å². The van der Waals surface area contributed by atoms with Crippen LogP contribution in [0, 0.1) is 10.1 Å². The lowest BCUT2D eigenvalue weighted by atomic mass is 10.2. The van der Waals surface area contributed by atoms with Gasteiger partial charge in [0.1, 0.15) is 0 Å². The van der Waals surface area contributed by atoms with Gasteiger partial charge in [0, 0.05) is 37.4 Å². The highest BCUT2D eigenvalue weighted by atomic mass is 32.2. The molecular formula is C16H16N4O6S. The van der Waals surface area contributed by atoms with Crippen molar-refractivity contribution < 1.29 is 22.9 Å². The van der Waals surface area contributed by atoms with Crippen molar-refractivity contribution in [3.63, 3.8) is 0 Å². The zero-order chi connectivity index (χ0) is 20.2. The first-order chi connectivity index (χ1) is 12.6. The van der Waals surface area contributed by atoms with Crippen molar-refractivity contribution in [1.29, 1.82) is 0 Å². The molecule has 0 heterocycles. The molecule has 11 heteroatoms. The zero-order valence-electron chi connectivity index (χ0n) is 14.4. The number of hydrazine groups is 1. The maximum absolute atomic E-state index is 12.2. The molecule has 0 bridgehead atoms. The Kier molecular flexibility index (Phi) is 5.88. The van der Waals surface area contributed by atoms with E-state index in [0.717, 1.165) is 10.4 Å². The fourth-order valence-corrected chi connectivity index (χ4v) is 2.98. The van der Waals surface area contributed by atoms with Crippen LogP contribution in [0.2, 0.25) is 0 Å². The molecule has 142 valence electrons. The number of rotatable bonds is 5. The monoisotopic (exact) mass is 392 g/mol. The third-order valence-electron chi connectivity index (χ3n) is 3.48. The molecule has 0 spiro atoms. The number of carbonyl (C=O) groups is 2. The third-order valence-corrected chi connectivity index (χ3v) is 5.29. The van der Waals surface area contributed by atoms with E-state index in [9.17, 15) is 28.1 Å². The van der Waals surface area contributed by atoms with Crippen molar-refractivity contribution in [2.75, 3.05) is 14.1 Å². The summed E-state index contributed by atoms with van der Waals surface area (Å²) >= 11 is 0. The normalized spacial score (nSPS) is 11.1. The lowest BCUT2D eigenvalue weighted by Crippen LogP contribution is -2.41. The minimum atomic E-state index is -3.72.